The first-order valence-corrected chi connectivity index (χ1v) is 5.49. The van der Waals surface area contributed by atoms with Gasteiger partial charge in [0.25, 0.3) is 0 Å². The van der Waals surface area contributed by atoms with Crippen molar-refractivity contribution >= 4 is 29.5 Å². The van der Waals surface area contributed by atoms with E-state index in [-0.39, 0.29) is 0 Å². The maximum atomic E-state index is 5.64. The van der Waals surface area contributed by atoms with Gasteiger partial charge in [-0.3, -0.25) is 4.57 Å². The molecule has 2 rings (SSSR count). The fourth-order valence-corrected chi connectivity index (χ4v) is 2.15. The van der Waals surface area contributed by atoms with Gasteiger partial charge in [-0.25, -0.2) is 5.10 Å². The first-order valence-electron chi connectivity index (χ1n) is 4.20. The number of hydrogen-bond acceptors (Lipinski definition) is 4. The summed E-state index contributed by atoms with van der Waals surface area (Å²) < 4.78 is 2.38. The second-order valence-corrected chi connectivity index (χ2v) is 4.29. The standard InChI is InChI=1S/C8H10N4S2/c9-7-10-11-8(13)12(7)4-3-6-2-1-5-14-6/h1-2,5H,3-4H2,(H2,9,10)(H,11,13). The van der Waals surface area contributed by atoms with Gasteiger partial charge in [0.2, 0.25) is 5.95 Å². The van der Waals surface area contributed by atoms with Crippen LogP contribution in [0.25, 0.3) is 0 Å². The van der Waals surface area contributed by atoms with Crippen molar-refractivity contribution in [2.75, 3.05) is 5.73 Å². The van der Waals surface area contributed by atoms with Gasteiger partial charge in [0.15, 0.2) is 4.77 Å². The molecule has 2 aromatic heterocycles. The van der Waals surface area contributed by atoms with Gasteiger partial charge in [0.1, 0.15) is 0 Å². The van der Waals surface area contributed by atoms with Crippen molar-refractivity contribution in [3.63, 3.8) is 0 Å². The third-order valence-corrected chi connectivity index (χ3v) is 3.20. The van der Waals surface area contributed by atoms with Crippen LogP contribution in [0.1, 0.15) is 4.88 Å². The number of anilines is 1. The van der Waals surface area contributed by atoms with E-state index in [2.05, 4.69) is 21.6 Å². The van der Waals surface area contributed by atoms with E-state index in [1.54, 1.807) is 15.9 Å². The average Bonchev–Trinajstić information content (AvgIpc) is 2.76. The molecule has 0 aromatic carbocycles. The number of nitrogens with zero attached hydrogens (tertiary/aromatic N) is 2. The molecule has 2 heterocycles. The molecule has 0 aliphatic carbocycles. The highest BCUT2D eigenvalue weighted by Crippen LogP contribution is 2.11. The second-order valence-electron chi connectivity index (χ2n) is 2.87. The Morgan fingerprint density at radius 2 is 2.50 bits per heavy atom. The van der Waals surface area contributed by atoms with Gasteiger partial charge in [0, 0.05) is 11.4 Å². The van der Waals surface area contributed by atoms with E-state index < -0.39 is 0 Å². The molecule has 0 saturated heterocycles. The fraction of sp³-hybridized carbons (Fsp3) is 0.250. The molecular formula is C8H10N4S2. The predicted octanol–water partition coefficient (Wildman–Crippen LogP) is 1.83. The van der Waals surface area contributed by atoms with Crippen LogP contribution >= 0.6 is 23.6 Å². The van der Waals surface area contributed by atoms with Crippen LogP contribution in [0.4, 0.5) is 5.95 Å². The highest BCUT2D eigenvalue weighted by atomic mass is 32.1. The predicted molar refractivity (Wildman–Crippen MR) is 59.8 cm³/mol. The molecule has 0 fully saturated rings. The van der Waals surface area contributed by atoms with E-state index in [1.807, 2.05) is 6.07 Å². The van der Waals surface area contributed by atoms with Crippen molar-refractivity contribution in [1.82, 2.24) is 14.8 Å². The van der Waals surface area contributed by atoms with Crippen molar-refractivity contribution in [3.8, 4) is 0 Å². The van der Waals surface area contributed by atoms with Crippen LogP contribution in [-0.2, 0) is 13.0 Å². The Hall–Kier alpha value is -1.14. The summed E-state index contributed by atoms with van der Waals surface area (Å²) in [6, 6.07) is 4.14. The molecule has 0 atom stereocenters. The summed E-state index contributed by atoms with van der Waals surface area (Å²) in [5, 5.41) is 8.57. The Balaban J connectivity index is 2.09. The molecule has 2 aromatic rings. The fourth-order valence-electron chi connectivity index (χ4n) is 1.22. The molecule has 74 valence electrons. The number of nitrogen functional groups attached to an aromatic ring is 1. The van der Waals surface area contributed by atoms with Crippen LogP contribution in [0.3, 0.4) is 0 Å². The summed E-state index contributed by atoms with van der Waals surface area (Å²) in [6.07, 6.45) is 0.940. The largest absolute Gasteiger partial charge is 0.368 e. The van der Waals surface area contributed by atoms with Crippen molar-refractivity contribution in [2.45, 2.75) is 13.0 Å². The minimum atomic E-state index is 0.451. The molecule has 6 heteroatoms. The maximum absolute atomic E-state index is 5.64. The smallest absolute Gasteiger partial charge is 0.220 e. The first kappa shape index (κ1) is 9.42. The van der Waals surface area contributed by atoms with Crippen LogP contribution in [0.2, 0.25) is 0 Å². The third kappa shape index (κ3) is 1.85. The zero-order valence-electron chi connectivity index (χ0n) is 7.43. The van der Waals surface area contributed by atoms with Gasteiger partial charge in [0.05, 0.1) is 0 Å². The Kier molecular flexibility index (Phi) is 2.64. The first-order chi connectivity index (χ1) is 6.77. The van der Waals surface area contributed by atoms with Gasteiger partial charge < -0.3 is 5.73 Å². The molecule has 4 nitrogen and oxygen atoms in total. The summed E-state index contributed by atoms with van der Waals surface area (Å²) in [6.45, 7) is 0.779. The quantitative estimate of drug-likeness (QED) is 0.785. The lowest BCUT2D eigenvalue weighted by Crippen LogP contribution is -2.05. The van der Waals surface area contributed by atoms with E-state index >= 15 is 0 Å². The topological polar surface area (TPSA) is 59.6 Å². The number of H-pyrrole nitrogens is 1. The highest BCUT2D eigenvalue weighted by Gasteiger charge is 2.01. The molecule has 0 spiro atoms. The van der Waals surface area contributed by atoms with E-state index in [9.17, 15) is 0 Å². The maximum Gasteiger partial charge on any atom is 0.220 e. The van der Waals surface area contributed by atoms with Gasteiger partial charge in [-0.15, -0.1) is 16.4 Å². The molecule has 0 unspecified atom stereocenters. The van der Waals surface area contributed by atoms with Gasteiger partial charge in [-0.2, -0.15) is 0 Å². The minimum absolute atomic E-state index is 0.451. The summed E-state index contributed by atoms with van der Waals surface area (Å²) in [7, 11) is 0. The number of rotatable bonds is 3. The molecule has 0 aliphatic rings. The highest BCUT2D eigenvalue weighted by molar-refractivity contribution is 7.71. The van der Waals surface area contributed by atoms with Gasteiger partial charge in [-0.05, 0) is 30.1 Å². The number of aromatic amines is 1. The summed E-state index contributed by atoms with van der Waals surface area (Å²) in [5.74, 6) is 0.451. The molecular weight excluding hydrogens is 216 g/mol. The molecule has 3 N–H and O–H groups in total. The van der Waals surface area contributed by atoms with E-state index in [0.29, 0.717) is 10.7 Å². The zero-order chi connectivity index (χ0) is 9.97. The minimum Gasteiger partial charge on any atom is -0.368 e. The number of nitrogens with one attached hydrogen (secondary N) is 1. The molecule has 0 bridgehead atoms. The monoisotopic (exact) mass is 226 g/mol. The third-order valence-electron chi connectivity index (χ3n) is 1.95. The van der Waals surface area contributed by atoms with Gasteiger partial charge >= 0.3 is 0 Å². The SMILES string of the molecule is Nc1n[nH]c(=S)n1CCc1cccs1. The number of aromatic nitrogens is 3. The van der Waals surface area contributed by atoms with Crippen LogP contribution in [0, 0.1) is 4.77 Å². The summed E-state index contributed by atoms with van der Waals surface area (Å²) in [5.41, 5.74) is 5.64. The number of thiophene rings is 1. The van der Waals surface area contributed by atoms with E-state index in [1.165, 1.54) is 4.88 Å². The van der Waals surface area contributed by atoms with Crippen LogP contribution in [-0.4, -0.2) is 14.8 Å². The Bertz CT molecular complexity index is 454. The van der Waals surface area contributed by atoms with Crippen molar-refractivity contribution in [3.05, 3.63) is 27.2 Å². The zero-order valence-corrected chi connectivity index (χ0v) is 9.07. The normalized spacial score (nSPS) is 10.6. The number of nitrogens with two attached hydrogens (primary N) is 1. The molecule has 0 amide bonds. The molecule has 14 heavy (non-hydrogen) atoms. The summed E-state index contributed by atoms with van der Waals surface area (Å²) in [4.78, 5) is 1.33. The van der Waals surface area contributed by atoms with E-state index in [0.717, 1.165) is 13.0 Å². The lowest BCUT2D eigenvalue weighted by molar-refractivity contribution is 0.700. The average molecular weight is 226 g/mol. The Morgan fingerprint density at radius 1 is 1.64 bits per heavy atom. The Labute approximate surface area is 90.4 Å². The lowest BCUT2D eigenvalue weighted by atomic mass is 10.3. The van der Waals surface area contributed by atoms with E-state index in [4.69, 9.17) is 18.0 Å². The number of hydrogen-bond donors (Lipinski definition) is 2. The lowest BCUT2D eigenvalue weighted by Gasteiger charge is -2.01. The van der Waals surface area contributed by atoms with Crippen LogP contribution in [0.15, 0.2) is 17.5 Å². The molecule has 0 aliphatic heterocycles. The van der Waals surface area contributed by atoms with Crippen molar-refractivity contribution in [1.29, 1.82) is 0 Å². The van der Waals surface area contributed by atoms with Crippen LogP contribution < -0.4 is 5.73 Å². The Morgan fingerprint density at radius 3 is 3.07 bits per heavy atom. The second kappa shape index (κ2) is 3.93. The van der Waals surface area contributed by atoms with Crippen molar-refractivity contribution in [2.24, 2.45) is 0 Å². The van der Waals surface area contributed by atoms with Crippen molar-refractivity contribution < 1.29 is 0 Å². The summed E-state index contributed by atoms with van der Waals surface area (Å²) >= 11 is 6.77. The van der Waals surface area contributed by atoms with Gasteiger partial charge in [-0.1, -0.05) is 6.07 Å². The van der Waals surface area contributed by atoms with Crippen LogP contribution in [0.5, 0.6) is 0 Å². The molecule has 0 radical (unpaired) electrons. The molecule has 0 saturated carbocycles. The number of aryl methyl sites for hydroxylation is 1.